The lowest BCUT2D eigenvalue weighted by Crippen LogP contribution is -2.04. The summed E-state index contributed by atoms with van der Waals surface area (Å²) in [5, 5.41) is 0.652. The van der Waals surface area contributed by atoms with Crippen molar-refractivity contribution in [2.75, 3.05) is 5.73 Å². The predicted molar refractivity (Wildman–Crippen MR) is 73.3 cm³/mol. The van der Waals surface area contributed by atoms with Crippen LogP contribution in [-0.4, -0.2) is 14.5 Å². The summed E-state index contributed by atoms with van der Waals surface area (Å²) in [6, 6.07) is 5.98. The number of rotatable bonds is 1. The maximum Gasteiger partial charge on any atom is 0.207 e. The van der Waals surface area contributed by atoms with Gasteiger partial charge < -0.3 is 5.73 Å². The Labute approximate surface area is 117 Å². The number of halogens is 3. The van der Waals surface area contributed by atoms with Crippen molar-refractivity contribution in [3.8, 4) is 5.69 Å². The Morgan fingerprint density at radius 3 is 2.79 bits per heavy atom. The number of benzene rings is 1. The fraction of sp³-hybridized carbons (Fsp3) is 0. The minimum atomic E-state index is -0.504. The van der Waals surface area contributed by atoms with Crippen molar-refractivity contribution < 1.29 is 4.39 Å². The highest BCUT2D eigenvalue weighted by Gasteiger charge is 2.17. The van der Waals surface area contributed by atoms with Gasteiger partial charge in [-0.25, -0.2) is 14.4 Å². The van der Waals surface area contributed by atoms with Gasteiger partial charge in [0.15, 0.2) is 5.65 Å². The van der Waals surface area contributed by atoms with Crippen LogP contribution in [-0.2, 0) is 0 Å². The van der Waals surface area contributed by atoms with Crippen LogP contribution in [0.25, 0.3) is 16.9 Å². The minimum absolute atomic E-state index is 0.0942. The van der Waals surface area contributed by atoms with Crippen LogP contribution in [0.4, 0.5) is 10.3 Å². The average Bonchev–Trinajstić information content (AvgIpc) is 2.65. The summed E-state index contributed by atoms with van der Waals surface area (Å²) in [4.78, 5) is 8.22. The van der Waals surface area contributed by atoms with Crippen molar-refractivity contribution in [1.29, 1.82) is 0 Å². The molecule has 0 spiro atoms. The van der Waals surface area contributed by atoms with Gasteiger partial charge in [-0.05, 0) is 18.2 Å². The number of hydrogen-bond acceptors (Lipinski definition) is 3. The van der Waals surface area contributed by atoms with Gasteiger partial charge in [0.05, 0.1) is 10.0 Å². The monoisotopic (exact) mass is 296 g/mol. The molecule has 0 aliphatic carbocycles. The van der Waals surface area contributed by atoms with Gasteiger partial charge in [0.2, 0.25) is 5.95 Å². The second kappa shape index (κ2) is 4.36. The zero-order chi connectivity index (χ0) is 13.6. The number of nitrogens with two attached hydrogens (primary N) is 1. The summed E-state index contributed by atoms with van der Waals surface area (Å²) >= 11 is 11.9. The van der Waals surface area contributed by atoms with E-state index in [0.717, 1.165) is 0 Å². The average molecular weight is 297 g/mol. The molecule has 0 radical (unpaired) electrons. The Morgan fingerprint density at radius 2 is 2.05 bits per heavy atom. The summed E-state index contributed by atoms with van der Waals surface area (Å²) in [5.41, 5.74) is 6.81. The summed E-state index contributed by atoms with van der Waals surface area (Å²) in [5.74, 6) is -0.410. The number of aromatic nitrogens is 3. The van der Waals surface area contributed by atoms with E-state index >= 15 is 0 Å². The molecule has 3 aromatic rings. The lowest BCUT2D eigenvalue weighted by molar-refractivity contribution is 0.620. The molecule has 3 rings (SSSR count). The number of nitrogens with zero attached hydrogens (tertiary/aromatic N) is 3. The Balaban J connectivity index is 2.40. The van der Waals surface area contributed by atoms with Gasteiger partial charge in [-0.2, -0.15) is 0 Å². The Kier molecular flexibility index (Phi) is 2.80. The number of para-hydroxylation sites is 1. The topological polar surface area (TPSA) is 56.7 Å². The molecule has 0 fully saturated rings. The highest BCUT2D eigenvalue weighted by molar-refractivity contribution is 6.32. The molecule has 7 heteroatoms. The summed E-state index contributed by atoms with van der Waals surface area (Å²) < 4.78 is 15.3. The summed E-state index contributed by atoms with van der Waals surface area (Å²) in [7, 11) is 0. The lowest BCUT2D eigenvalue weighted by Gasteiger charge is -2.08. The number of anilines is 1. The normalized spacial score (nSPS) is 11.1. The molecule has 2 aromatic heterocycles. The SMILES string of the molecule is Nc1nc2cc(Cl)cnc2n1-c1c(F)cccc1Cl. The molecule has 2 N–H and O–H groups in total. The Hall–Kier alpha value is -1.85. The summed E-state index contributed by atoms with van der Waals surface area (Å²) in [6.45, 7) is 0. The van der Waals surface area contributed by atoms with Crippen LogP contribution < -0.4 is 5.73 Å². The first-order valence-electron chi connectivity index (χ1n) is 5.32. The number of hydrogen-bond donors (Lipinski definition) is 1. The maximum absolute atomic E-state index is 14.0. The molecule has 0 aliphatic rings. The second-order valence-electron chi connectivity index (χ2n) is 3.87. The molecule has 0 amide bonds. The molecular weight excluding hydrogens is 290 g/mol. The third-order valence-corrected chi connectivity index (χ3v) is 3.16. The molecule has 19 heavy (non-hydrogen) atoms. The van der Waals surface area contributed by atoms with Crippen LogP contribution in [0.2, 0.25) is 10.0 Å². The van der Waals surface area contributed by atoms with Crippen LogP contribution in [0, 0.1) is 5.82 Å². The van der Waals surface area contributed by atoms with Gasteiger partial charge >= 0.3 is 0 Å². The van der Waals surface area contributed by atoms with E-state index in [1.807, 2.05) is 0 Å². The molecule has 0 unspecified atom stereocenters. The van der Waals surface area contributed by atoms with E-state index in [1.54, 1.807) is 12.1 Å². The van der Waals surface area contributed by atoms with E-state index in [-0.39, 0.29) is 16.7 Å². The Bertz CT molecular complexity index is 764. The minimum Gasteiger partial charge on any atom is -0.369 e. The Morgan fingerprint density at radius 1 is 1.26 bits per heavy atom. The van der Waals surface area contributed by atoms with Gasteiger partial charge in [-0.1, -0.05) is 29.3 Å². The van der Waals surface area contributed by atoms with Crippen molar-refractivity contribution in [2.45, 2.75) is 0 Å². The number of pyridine rings is 1. The molecule has 0 saturated heterocycles. The molecular formula is C12H7Cl2FN4. The molecule has 0 aliphatic heterocycles. The van der Waals surface area contributed by atoms with Crippen LogP contribution >= 0.6 is 23.2 Å². The first-order chi connectivity index (χ1) is 9.08. The van der Waals surface area contributed by atoms with Crippen molar-refractivity contribution in [1.82, 2.24) is 14.5 Å². The van der Waals surface area contributed by atoms with Gasteiger partial charge in [0.1, 0.15) is 17.0 Å². The van der Waals surface area contributed by atoms with Crippen molar-refractivity contribution >= 4 is 40.3 Å². The number of imidazole rings is 1. The van der Waals surface area contributed by atoms with Gasteiger partial charge in [-0.3, -0.25) is 4.57 Å². The van der Waals surface area contributed by atoms with Crippen LogP contribution in [0.1, 0.15) is 0 Å². The van der Waals surface area contributed by atoms with E-state index in [2.05, 4.69) is 9.97 Å². The van der Waals surface area contributed by atoms with Gasteiger partial charge in [0.25, 0.3) is 0 Å². The molecule has 0 bridgehead atoms. The first-order valence-corrected chi connectivity index (χ1v) is 6.07. The van der Waals surface area contributed by atoms with Crippen molar-refractivity contribution in [2.24, 2.45) is 0 Å². The molecule has 0 saturated carbocycles. The smallest absolute Gasteiger partial charge is 0.207 e. The van der Waals surface area contributed by atoms with Crippen LogP contribution in [0.15, 0.2) is 30.5 Å². The fourth-order valence-electron chi connectivity index (χ4n) is 1.88. The quantitative estimate of drug-likeness (QED) is 0.748. The van der Waals surface area contributed by atoms with E-state index in [1.165, 1.54) is 22.9 Å². The van der Waals surface area contributed by atoms with E-state index in [9.17, 15) is 4.39 Å². The summed E-state index contributed by atoms with van der Waals surface area (Å²) in [6.07, 6.45) is 1.44. The van der Waals surface area contributed by atoms with Crippen LogP contribution in [0.5, 0.6) is 0 Å². The lowest BCUT2D eigenvalue weighted by atomic mass is 10.3. The second-order valence-corrected chi connectivity index (χ2v) is 4.72. The van der Waals surface area contributed by atoms with Crippen LogP contribution in [0.3, 0.4) is 0 Å². The van der Waals surface area contributed by atoms with Gasteiger partial charge in [0, 0.05) is 6.20 Å². The fourth-order valence-corrected chi connectivity index (χ4v) is 2.28. The maximum atomic E-state index is 14.0. The molecule has 1 aromatic carbocycles. The molecule has 2 heterocycles. The van der Waals surface area contributed by atoms with Crippen molar-refractivity contribution in [3.05, 3.63) is 46.3 Å². The predicted octanol–water partition coefficient (Wildman–Crippen LogP) is 3.45. The zero-order valence-corrected chi connectivity index (χ0v) is 11.0. The van der Waals surface area contributed by atoms with E-state index in [4.69, 9.17) is 28.9 Å². The molecule has 96 valence electrons. The standard InChI is InChI=1S/C12H7Cl2FN4/c13-6-4-9-11(17-5-6)19(12(16)18-9)10-7(14)2-1-3-8(10)15/h1-5H,(H2,16,18). The third kappa shape index (κ3) is 1.91. The van der Waals surface area contributed by atoms with Gasteiger partial charge in [-0.15, -0.1) is 0 Å². The van der Waals surface area contributed by atoms with E-state index < -0.39 is 5.82 Å². The largest absolute Gasteiger partial charge is 0.369 e. The highest BCUT2D eigenvalue weighted by Crippen LogP contribution is 2.29. The van der Waals surface area contributed by atoms with E-state index in [0.29, 0.717) is 16.2 Å². The highest BCUT2D eigenvalue weighted by atomic mass is 35.5. The number of nitrogen functional groups attached to an aromatic ring is 1. The molecule has 0 atom stereocenters. The zero-order valence-electron chi connectivity index (χ0n) is 9.44. The number of fused-ring (bicyclic) bond motifs is 1. The molecule has 4 nitrogen and oxygen atoms in total. The first kappa shape index (κ1) is 12.2. The van der Waals surface area contributed by atoms with Crippen molar-refractivity contribution in [3.63, 3.8) is 0 Å². The third-order valence-electron chi connectivity index (χ3n) is 2.65.